The van der Waals surface area contributed by atoms with Crippen LogP contribution in [0.25, 0.3) is 0 Å². The molecule has 0 aliphatic rings. The molecule has 1 rings (SSSR count). The highest BCUT2D eigenvalue weighted by Crippen LogP contribution is 2.10. The Labute approximate surface area is 79.3 Å². The fourth-order valence-electron chi connectivity index (χ4n) is 0.964. The van der Waals surface area contributed by atoms with Crippen molar-refractivity contribution in [1.82, 2.24) is 9.78 Å². The van der Waals surface area contributed by atoms with Crippen molar-refractivity contribution in [1.29, 1.82) is 0 Å². The number of nitrogens with two attached hydrogens (primary N) is 2. The highest BCUT2D eigenvalue weighted by molar-refractivity contribution is 5.96. The number of anilines is 1. The number of primary amides is 1. The van der Waals surface area contributed by atoms with Crippen molar-refractivity contribution in [2.45, 2.75) is 13.0 Å². The maximum atomic E-state index is 10.7. The molecule has 1 aromatic heterocycles. The lowest BCUT2D eigenvalue weighted by atomic mass is 10.3. The zero-order valence-electron chi connectivity index (χ0n) is 7.30. The highest BCUT2D eigenvalue weighted by Gasteiger charge is 2.12. The second-order valence-electron chi connectivity index (χ2n) is 2.67. The Morgan fingerprint density at radius 1 is 1.57 bits per heavy atom. The van der Waals surface area contributed by atoms with Crippen molar-refractivity contribution in [3.8, 4) is 0 Å². The lowest BCUT2D eigenvalue weighted by molar-refractivity contribution is -0.137. The SMILES string of the molecule is NC(=O)c1cnn(CCC(=O)O)c1N. The molecule has 1 amide bonds. The molecule has 0 saturated carbocycles. The van der Waals surface area contributed by atoms with Crippen molar-refractivity contribution >= 4 is 17.7 Å². The number of hydrogen-bond donors (Lipinski definition) is 3. The van der Waals surface area contributed by atoms with Gasteiger partial charge in [0.05, 0.1) is 19.2 Å². The first-order chi connectivity index (χ1) is 6.52. The van der Waals surface area contributed by atoms with Crippen molar-refractivity contribution in [3.63, 3.8) is 0 Å². The number of carbonyl (C=O) groups is 2. The van der Waals surface area contributed by atoms with E-state index >= 15 is 0 Å². The first-order valence-electron chi connectivity index (χ1n) is 3.85. The van der Waals surface area contributed by atoms with Crippen LogP contribution in [0.1, 0.15) is 16.8 Å². The Morgan fingerprint density at radius 2 is 2.21 bits per heavy atom. The Hall–Kier alpha value is -2.05. The summed E-state index contributed by atoms with van der Waals surface area (Å²) in [5.74, 6) is -1.54. The number of aliphatic carboxylic acids is 1. The van der Waals surface area contributed by atoms with E-state index < -0.39 is 11.9 Å². The molecule has 0 saturated heterocycles. The molecule has 0 atom stereocenters. The van der Waals surface area contributed by atoms with Gasteiger partial charge in [0, 0.05) is 0 Å². The van der Waals surface area contributed by atoms with Crippen LogP contribution >= 0.6 is 0 Å². The molecule has 0 aliphatic carbocycles. The zero-order valence-corrected chi connectivity index (χ0v) is 7.30. The fourth-order valence-corrected chi connectivity index (χ4v) is 0.964. The Bertz CT molecular complexity index is 371. The predicted molar refractivity (Wildman–Crippen MR) is 47.4 cm³/mol. The number of carboxylic acid groups (broad SMARTS) is 1. The summed E-state index contributed by atoms with van der Waals surface area (Å²) in [5, 5.41) is 12.1. The van der Waals surface area contributed by atoms with Crippen LogP contribution in [0.2, 0.25) is 0 Å². The van der Waals surface area contributed by atoms with E-state index in [0.29, 0.717) is 0 Å². The molecule has 1 heterocycles. The number of hydrogen-bond acceptors (Lipinski definition) is 4. The molecule has 0 unspecified atom stereocenters. The number of rotatable bonds is 4. The monoisotopic (exact) mass is 198 g/mol. The van der Waals surface area contributed by atoms with Crippen LogP contribution in [0.5, 0.6) is 0 Å². The van der Waals surface area contributed by atoms with E-state index in [1.807, 2.05) is 0 Å². The first kappa shape index (κ1) is 10.0. The van der Waals surface area contributed by atoms with E-state index in [-0.39, 0.29) is 24.3 Å². The van der Waals surface area contributed by atoms with Crippen LogP contribution in [0, 0.1) is 0 Å². The summed E-state index contributed by atoms with van der Waals surface area (Å²) in [6.07, 6.45) is 1.11. The Kier molecular flexibility index (Phi) is 2.70. The summed E-state index contributed by atoms with van der Waals surface area (Å²) in [6, 6.07) is 0. The van der Waals surface area contributed by atoms with E-state index in [1.165, 1.54) is 10.9 Å². The first-order valence-corrected chi connectivity index (χ1v) is 3.85. The number of nitrogen functional groups attached to an aromatic ring is 1. The summed E-state index contributed by atoms with van der Waals surface area (Å²) >= 11 is 0. The molecule has 5 N–H and O–H groups in total. The normalized spacial score (nSPS) is 10.0. The van der Waals surface area contributed by atoms with Crippen LogP contribution in [-0.4, -0.2) is 26.8 Å². The number of amides is 1. The molecule has 0 spiro atoms. The molecule has 0 aromatic carbocycles. The zero-order chi connectivity index (χ0) is 10.7. The molecule has 0 radical (unpaired) electrons. The minimum Gasteiger partial charge on any atom is -0.481 e. The fraction of sp³-hybridized carbons (Fsp3) is 0.286. The molecule has 76 valence electrons. The number of carbonyl (C=O) groups excluding carboxylic acids is 1. The topological polar surface area (TPSA) is 124 Å². The van der Waals surface area contributed by atoms with E-state index in [0.717, 1.165) is 0 Å². The van der Waals surface area contributed by atoms with Crippen LogP contribution in [-0.2, 0) is 11.3 Å². The van der Waals surface area contributed by atoms with E-state index in [9.17, 15) is 9.59 Å². The second-order valence-corrected chi connectivity index (χ2v) is 2.67. The van der Waals surface area contributed by atoms with Crippen molar-refractivity contribution < 1.29 is 14.7 Å². The van der Waals surface area contributed by atoms with Gasteiger partial charge in [-0.3, -0.25) is 9.59 Å². The lowest BCUT2D eigenvalue weighted by Crippen LogP contribution is -2.14. The molecule has 0 fully saturated rings. The van der Waals surface area contributed by atoms with Crippen LogP contribution in [0.15, 0.2) is 6.20 Å². The summed E-state index contributed by atoms with van der Waals surface area (Å²) in [4.78, 5) is 21.0. The van der Waals surface area contributed by atoms with E-state index in [2.05, 4.69) is 5.10 Å². The van der Waals surface area contributed by atoms with Gasteiger partial charge in [0.25, 0.3) is 5.91 Å². The maximum Gasteiger partial charge on any atom is 0.305 e. The number of aryl methyl sites for hydroxylation is 1. The van der Waals surface area contributed by atoms with Crippen molar-refractivity contribution in [3.05, 3.63) is 11.8 Å². The molecule has 1 aromatic rings. The van der Waals surface area contributed by atoms with Gasteiger partial charge >= 0.3 is 5.97 Å². The van der Waals surface area contributed by atoms with Crippen LogP contribution < -0.4 is 11.5 Å². The summed E-state index contributed by atoms with van der Waals surface area (Å²) in [6.45, 7) is 0.119. The van der Waals surface area contributed by atoms with Crippen LogP contribution in [0.4, 0.5) is 5.82 Å². The predicted octanol–water partition coefficient (Wildman–Crippen LogP) is -0.961. The molecule has 14 heavy (non-hydrogen) atoms. The third-order valence-electron chi connectivity index (χ3n) is 1.68. The van der Waals surface area contributed by atoms with Gasteiger partial charge in [-0.05, 0) is 0 Å². The van der Waals surface area contributed by atoms with Gasteiger partial charge in [0.15, 0.2) is 0 Å². The number of aromatic nitrogens is 2. The Balaban J connectivity index is 2.79. The van der Waals surface area contributed by atoms with Gasteiger partial charge in [-0.25, -0.2) is 4.68 Å². The van der Waals surface area contributed by atoms with Gasteiger partial charge in [-0.2, -0.15) is 5.10 Å². The van der Waals surface area contributed by atoms with Crippen molar-refractivity contribution in [2.24, 2.45) is 5.73 Å². The third-order valence-corrected chi connectivity index (χ3v) is 1.68. The molecular formula is C7H10N4O3. The molecule has 0 bridgehead atoms. The van der Waals surface area contributed by atoms with Crippen molar-refractivity contribution in [2.75, 3.05) is 5.73 Å². The minimum absolute atomic E-state index is 0.0961. The molecule has 0 aliphatic heterocycles. The second kappa shape index (κ2) is 3.77. The van der Waals surface area contributed by atoms with Crippen LogP contribution in [0.3, 0.4) is 0 Å². The summed E-state index contributed by atoms with van der Waals surface area (Å²) in [5.41, 5.74) is 10.6. The number of nitrogens with zero attached hydrogens (tertiary/aromatic N) is 2. The molecule has 7 nitrogen and oxygen atoms in total. The van der Waals surface area contributed by atoms with Gasteiger partial charge in [0.1, 0.15) is 11.4 Å². The minimum atomic E-state index is -0.958. The van der Waals surface area contributed by atoms with Gasteiger partial charge in [-0.1, -0.05) is 0 Å². The highest BCUT2D eigenvalue weighted by atomic mass is 16.4. The Morgan fingerprint density at radius 3 is 2.64 bits per heavy atom. The van der Waals surface area contributed by atoms with Gasteiger partial charge < -0.3 is 16.6 Å². The third kappa shape index (κ3) is 2.00. The largest absolute Gasteiger partial charge is 0.481 e. The molecular weight excluding hydrogens is 188 g/mol. The standard InChI is InChI=1S/C7H10N4O3/c8-6-4(7(9)14)3-10-11(6)2-1-5(12)13/h3H,1-2,8H2,(H2,9,14)(H,12,13). The average Bonchev–Trinajstić information content (AvgIpc) is 2.43. The van der Waals surface area contributed by atoms with Gasteiger partial charge in [0.2, 0.25) is 0 Å². The van der Waals surface area contributed by atoms with Gasteiger partial charge in [-0.15, -0.1) is 0 Å². The quantitative estimate of drug-likeness (QED) is 0.574. The average molecular weight is 198 g/mol. The number of carboxylic acids is 1. The lowest BCUT2D eigenvalue weighted by Gasteiger charge is -2.01. The van der Waals surface area contributed by atoms with E-state index in [4.69, 9.17) is 16.6 Å². The summed E-state index contributed by atoms with van der Waals surface area (Å²) < 4.78 is 1.23. The molecule has 7 heteroatoms. The maximum absolute atomic E-state index is 10.7. The summed E-state index contributed by atoms with van der Waals surface area (Å²) in [7, 11) is 0. The smallest absolute Gasteiger partial charge is 0.305 e. The van der Waals surface area contributed by atoms with E-state index in [1.54, 1.807) is 0 Å².